The monoisotopic (exact) mass is 576 g/mol. The maximum Gasteiger partial charge on any atom is 0.158 e. The van der Waals surface area contributed by atoms with Crippen LogP contribution in [-0.2, 0) is 0 Å². The number of anilines is 2. The molecule has 0 amide bonds. The van der Waals surface area contributed by atoms with Gasteiger partial charge in [-0.1, -0.05) is 109 Å². The Balaban J connectivity index is 1.00. The summed E-state index contributed by atoms with van der Waals surface area (Å²) < 4.78 is 8.55. The highest BCUT2D eigenvalue weighted by Crippen LogP contribution is 2.37. The second kappa shape index (κ2) is 10.3. The van der Waals surface area contributed by atoms with Crippen molar-refractivity contribution in [2.45, 2.75) is 0 Å². The molecule has 9 aromatic rings. The van der Waals surface area contributed by atoms with Crippen molar-refractivity contribution in [1.29, 1.82) is 0 Å². The first-order valence-electron chi connectivity index (χ1n) is 15.3. The van der Waals surface area contributed by atoms with Crippen molar-refractivity contribution in [3.63, 3.8) is 0 Å². The lowest BCUT2D eigenvalue weighted by Crippen LogP contribution is -1.92. The Labute approximate surface area is 260 Å². The van der Waals surface area contributed by atoms with Crippen molar-refractivity contribution < 1.29 is 4.42 Å². The fourth-order valence-electron chi connectivity index (χ4n) is 6.61. The van der Waals surface area contributed by atoms with Gasteiger partial charge in [0, 0.05) is 32.9 Å². The number of aromatic nitrogens is 1. The molecule has 7 aromatic carbocycles. The summed E-state index contributed by atoms with van der Waals surface area (Å²) in [4.78, 5) is 0. The maximum absolute atomic E-state index is 6.20. The molecule has 3 heteroatoms. The predicted octanol–water partition coefficient (Wildman–Crippen LogP) is 11.8. The van der Waals surface area contributed by atoms with Gasteiger partial charge in [-0.25, -0.2) is 0 Å². The van der Waals surface area contributed by atoms with E-state index in [1.54, 1.807) is 0 Å². The Bertz CT molecular complexity index is 2480. The molecule has 45 heavy (non-hydrogen) atoms. The van der Waals surface area contributed by atoms with Crippen LogP contribution in [-0.4, -0.2) is 4.57 Å². The second-order valence-corrected chi connectivity index (χ2v) is 11.5. The molecule has 212 valence electrons. The Hall–Kier alpha value is -6.06. The molecule has 1 N–H and O–H groups in total. The van der Waals surface area contributed by atoms with Crippen LogP contribution in [0.5, 0.6) is 0 Å². The van der Waals surface area contributed by atoms with E-state index in [1.807, 2.05) is 18.2 Å². The summed E-state index contributed by atoms with van der Waals surface area (Å²) in [6, 6.07) is 58.0. The molecule has 0 radical (unpaired) electrons. The minimum Gasteiger partial charge on any atom is -0.454 e. The van der Waals surface area contributed by atoms with Gasteiger partial charge in [0.2, 0.25) is 0 Å². The molecule has 9 rings (SSSR count). The second-order valence-electron chi connectivity index (χ2n) is 11.5. The number of nitrogens with zero attached hydrogens (tertiary/aromatic N) is 1. The molecule has 0 spiro atoms. The van der Waals surface area contributed by atoms with Gasteiger partial charge in [0.05, 0.1) is 16.7 Å². The predicted molar refractivity (Wildman–Crippen MR) is 189 cm³/mol. The highest BCUT2D eigenvalue weighted by atomic mass is 16.3. The topological polar surface area (TPSA) is 30.1 Å². The van der Waals surface area contributed by atoms with Crippen molar-refractivity contribution in [3.8, 4) is 27.9 Å². The lowest BCUT2D eigenvalue weighted by molar-refractivity contribution is 0.670. The van der Waals surface area contributed by atoms with E-state index in [4.69, 9.17) is 4.42 Å². The molecular formula is C42H28N2O. The van der Waals surface area contributed by atoms with Crippen molar-refractivity contribution in [2.24, 2.45) is 0 Å². The Morgan fingerprint density at radius 3 is 1.82 bits per heavy atom. The van der Waals surface area contributed by atoms with Gasteiger partial charge in [0.1, 0.15) is 5.58 Å². The van der Waals surface area contributed by atoms with Crippen LogP contribution in [0.1, 0.15) is 0 Å². The van der Waals surface area contributed by atoms with Gasteiger partial charge in [-0.2, -0.15) is 0 Å². The first-order chi connectivity index (χ1) is 22.3. The minimum atomic E-state index is 0.876. The largest absolute Gasteiger partial charge is 0.454 e. The number of hydrogen-bond donors (Lipinski definition) is 1. The number of hydrogen-bond acceptors (Lipinski definition) is 2. The van der Waals surface area contributed by atoms with Gasteiger partial charge in [0.15, 0.2) is 5.58 Å². The van der Waals surface area contributed by atoms with E-state index in [2.05, 4.69) is 155 Å². The van der Waals surface area contributed by atoms with Gasteiger partial charge in [-0.3, -0.25) is 0 Å². The molecule has 0 aliphatic carbocycles. The normalized spacial score (nSPS) is 11.6. The summed E-state index contributed by atoms with van der Waals surface area (Å²) in [6.07, 6.45) is 0. The van der Waals surface area contributed by atoms with Gasteiger partial charge < -0.3 is 14.3 Å². The summed E-state index contributed by atoms with van der Waals surface area (Å²) in [5, 5.41) is 8.34. The average molecular weight is 577 g/mol. The molecule has 0 saturated carbocycles. The van der Waals surface area contributed by atoms with Gasteiger partial charge >= 0.3 is 0 Å². The first-order valence-corrected chi connectivity index (χ1v) is 15.3. The van der Waals surface area contributed by atoms with E-state index in [9.17, 15) is 0 Å². The molecule has 0 fully saturated rings. The molecule has 2 aromatic heterocycles. The van der Waals surface area contributed by atoms with Crippen molar-refractivity contribution in [1.82, 2.24) is 4.57 Å². The SMILES string of the molecule is c1ccc(-n2c3ccccc3c3cc(-c4ccc(-c5ccc(Nc6cccc7c6oc6ccccc67)cc5)cc4)ccc32)cc1. The zero-order valence-corrected chi connectivity index (χ0v) is 24.4. The van der Waals surface area contributed by atoms with E-state index < -0.39 is 0 Å². The molecule has 0 aliphatic rings. The van der Waals surface area contributed by atoms with Crippen LogP contribution < -0.4 is 5.32 Å². The minimum absolute atomic E-state index is 0.876. The van der Waals surface area contributed by atoms with Gasteiger partial charge in [0.25, 0.3) is 0 Å². The highest BCUT2D eigenvalue weighted by molar-refractivity contribution is 6.11. The zero-order valence-electron chi connectivity index (χ0n) is 24.4. The number of benzene rings is 7. The lowest BCUT2D eigenvalue weighted by Gasteiger charge is -2.10. The van der Waals surface area contributed by atoms with Crippen LogP contribution in [0.15, 0.2) is 168 Å². The Morgan fingerprint density at radius 2 is 1.02 bits per heavy atom. The molecule has 0 atom stereocenters. The van der Waals surface area contributed by atoms with Crippen LogP contribution in [0.25, 0.3) is 71.7 Å². The third-order valence-corrected chi connectivity index (χ3v) is 8.81. The van der Waals surface area contributed by atoms with E-state index in [-0.39, 0.29) is 0 Å². The van der Waals surface area contributed by atoms with E-state index in [0.717, 1.165) is 33.3 Å². The fraction of sp³-hybridized carbons (Fsp3) is 0. The van der Waals surface area contributed by atoms with Gasteiger partial charge in [-0.05, 0) is 76.9 Å². The number of rotatable bonds is 5. The summed E-state index contributed by atoms with van der Waals surface area (Å²) in [7, 11) is 0. The van der Waals surface area contributed by atoms with Crippen molar-refractivity contribution in [3.05, 3.63) is 164 Å². The number of furan rings is 1. The summed E-state index contributed by atoms with van der Waals surface area (Å²) in [6.45, 7) is 0. The quantitative estimate of drug-likeness (QED) is 0.221. The standard InChI is InChI=1S/C42H28N2O/c1-2-9-33(10-3-1)44-39-15-6-4-11-34(39)37-27-31(23-26-40(37)44)30-19-17-28(18-20-30)29-21-24-32(25-22-29)43-38-14-8-13-36-35-12-5-7-16-41(35)45-42(36)38/h1-27,43H. The Morgan fingerprint density at radius 1 is 0.422 bits per heavy atom. The molecule has 3 nitrogen and oxygen atoms in total. The van der Waals surface area contributed by atoms with Gasteiger partial charge in [-0.15, -0.1) is 0 Å². The summed E-state index contributed by atoms with van der Waals surface area (Å²) in [5.41, 5.74) is 12.2. The zero-order chi connectivity index (χ0) is 29.7. The van der Waals surface area contributed by atoms with E-state index >= 15 is 0 Å². The molecular weight excluding hydrogens is 548 g/mol. The molecule has 2 heterocycles. The van der Waals surface area contributed by atoms with E-state index in [0.29, 0.717) is 0 Å². The summed E-state index contributed by atoms with van der Waals surface area (Å²) in [5.74, 6) is 0. The van der Waals surface area contributed by atoms with Crippen LogP contribution in [0.4, 0.5) is 11.4 Å². The Kier molecular flexibility index (Phi) is 5.82. The van der Waals surface area contributed by atoms with Crippen LogP contribution in [0.2, 0.25) is 0 Å². The lowest BCUT2D eigenvalue weighted by atomic mass is 9.99. The molecule has 0 saturated heterocycles. The number of para-hydroxylation sites is 4. The van der Waals surface area contributed by atoms with Crippen molar-refractivity contribution >= 4 is 55.1 Å². The number of fused-ring (bicyclic) bond motifs is 6. The fourth-order valence-corrected chi connectivity index (χ4v) is 6.61. The average Bonchev–Trinajstić information content (AvgIpc) is 3.65. The van der Waals surface area contributed by atoms with Crippen LogP contribution >= 0.6 is 0 Å². The number of nitrogens with one attached hydrogen (secondary N) is 1. The maximum atomic E-state index is 6.20. The van der Waals surface area contributed by atoms with Crippen molar-refractivity contribution in [2.75, 3.05) is 5.32 Å². The molecule has 0 aliphatic heterocycles. The van der Waals surface area contributed by atoms with Crippen LogP contribution in [0, 0.1) is 0 Å². The molecule has 0 bridgehead atoms. The first kappa shape index (κ1) is 25.4. The third kappa shape index (κ3) is 4.29. The highest BCUT2D eigenvalue weighted by Gasteiger charge is 2.14. The smallest absolute Gasteiger partial charge is 0.158 e. The molecule has 0 unspecified atom stereocenters. The third-order valence-electron chi connectivity index (χ3n) is 8.81. The van der Waals surface area contributed by atoms with Crippen LogP contribution in [0.3, 0.4) is 0 Å². The van der Waals surface area contributed by atoms with E-state index in [1.165, 1.54) is 49.7 Å². The summed E-state index contributed by atoms with van der Waals surface area (Å²) >= 11 is 0.